The lowest BCUT2D eigenvalue weighted by Gasteiger charge is -2.36. The molecule has 96 valence electrons. The number of sulfonamides is 1. The van der Waals surface area contributed by atoms with Gasteiger partial charge in [-0.1, -0.05) is 0 Å². The van der Waals surface area contributed by atoms with Crippen molar-refractivity contribution in [2.24, 2.45) is 5.92 Å². The molecule has 0 bridgehead atoms. The summed E-state index contributed by atoms with van der Waals surface area (Å²) in [5.41, 5.74) is 0. The van der Waals surface area contributed by atoms with E-state index in [1.165, 1.54) is 0 Å². The maximum Gasteiger partial charge on any atom is 0.219 e. The predicted molar refractivity (Wildman–Crippen MR) is 68.3 cm³/mol. The van der Waals surface area contributed by atoms with Crippen LogP contribution in [0, 0.1) is 5.92 Å². The van der Waals surface area contributed by atoms with Gasteiger partial charge in [-0.25, -0.2) is 12.7 Å². The third kappa shape index (κ3) is 3.11. The molecule has 1 aliphatic heterocycles. The van der Waals surface area contributed by atoms with Gasteiger partial charge in [0.05, 0.1) is 4.75 Å². The zero-order valence-corrected chi connectivity index (χ0v) is 11.9. The molecule has 0 radical (unpaired) electrons. The molecule has 1 atom stereocenters. The minimum absolute atomic E-state index is 0.434. The number of piperidine rings is 1. The third-order valence-electron chi connectivity index (χ3n) is 3.11. The Hall–Kier alpha value is 0.200. The van der Waals surface area contributed by atoms with Crippen LogP contribution in [-0.4, -0.2) is 36.4 Å². The smallest absolute Gasteiger partial charge is 0.212 e. The second-order valence-electron chi connectivity index (χ2n) is 5.46. The van der Waals surface area contributed by atoms with E-state index in [0.29, 0.717) is 24.9 Å². The third-order valence-corrected chi connectivity index (χ3v) is 5.89. The fourth-order valence-corrected chi connectivity index (χ4v) is 3.88. The van der Waals surface area contributed by atoms with Gasteiger partial charge in [0.25, 0.3) is 0 Å². The quantitative estimate of drug-likeness (QED) is 0.737. The van der Waals surface area contributed by atoms with Gasteiger partial charge < -0.3 is 0 Å². The van der Waals surface area contributed by atoms with E-state index in [2.05, 4.69) is 0 Å². The highest BCUT2D eigenvalue weighted by molar-refractivity contribution is 7.90. The summed E-state index contributed by atoms with van der Waals surface area (Å²) in [5, 5.41) is 0. The van der Waals surface area contributed by atoms with Crippen molar-refractivity contribution < 1.29 is 8.42 Å². The fourth-order valence-electron chi connectivity index (χ4n) is 2.02. The minimum Gasteiger partial charge on any atom is -0.212 e. The zero-order chi connectivity index (χ0) is 12.4. The van der Waals surface area contributed by atoms with Gasteiger partial charge in [-0.15, -0.1) is 11.6 Å². The van der Waals surface area contributed by atoms with E-state index >= 15 is 0 Å². The summed E-state index contributed by atoms with van der Waals surface area (Å²) in [6.45, 7) is 6.58. The number of hydrogen-bond donors (Lipinski definition) is 0. The summed E-state index contributed by atoms with van der Waals surface area (Å²) < 4.78 is 25.4. The summed E-state index contributed by atoms with van der Waals surface area (Å²) in [6, 6.07) is 0. The van der Waals surface area contributed by atoms with Gasteiger partial charge in [0, 0.05) is 19.0 Å². The fraction of sp³-hybridized carbons (Fsp3) is 1.00. The largest absolute Gasteiger partial charge is 0.219 e. The molecule has 1 unspecified atom stereocenters. The van der Waals surface area contributed by atoms with Crippen LogP contribution < -0.4 is 0 Å². The van der Waals surface area contributed by atoms with Gasteiger partial charge in [0.15, 0.2) is 0 Å². The van der Waals surface area contributed by atoms with Gasteiger partial charge in [0.2, 0.25) is 10.0 Å². The average Bonchev–Trinajstić information content (AvgIpc) is 2.17. The summed E-state index contributed by atoms with van der Waals surface area (Å²) in [6.07, 6.45) is 2.97. The summed E-state index contributed by atoms with van der Waals surface area (Å²) in [7, 11) is -3.16. The first kappa shape index (κ1) is 14.3. The maximum absolute atomic E-state index is 12.2. The molecule has 0 N–H and O–H groups in total. The highest BCUT2D eigenvalue weighted by Crippen LogP contribution is 2.27. The first-order valence-corrected chi connectivity index (χ1v) is 7.82. The Morgan fingerprint density at radius 2 is 2.00 bits per heavy atom. The molecule has 0 aliphatic carbocycles. The summed E-state index contributed by atoms with van der Waals surface area (Å²) >= 11 is 5.72. The molecular formula is C11H22ClNO2S. The van der Waals surface area contributed by atoms with Crippen LogP contribution in [0.2, 0.25) is 0 Å². The van der Waals surface area contributed by atoms with Crippen molar-refractivity contribution in [1.29, 1.82) is 0 Å². The Kier molecular flexibility index (Phi) is 4.66. The Morgan fingerprint density at radius 3 is 2.50 bits per heavy atom. The standard InChI is InChI=1S/C11H22ClNO2S/c1-11(2,3)16(14,15)13-8-4-5-10(9-13)6-7-12/h10H,4-9H2,1-3H3. The predicted octanol–water partition coefficient (Wildman–Crippen LogP) is 2.46. The van der Waals surface area contributed by atoms with Gasteiger partial charge in [-0.3, -0.25) is 0 Å². The molecule has 0 saturated carbocycles. The first-order valence-electron chi connectivity index (χ1n) is 5.84. The van der Waals surface area contributed by atoms with Crippen LogP contribution in [0.4, 0.5) is 0 Å². The molecular weight excluding hydrogens is 246 g/mol. The Bertz CT molecular complexity index is 319. The lowest BCUT2D eigenvalue weighted by atomic mass is 9.97. The minimum atomic E-state index is -3.16. The molecule has 0 amide bonds. The average molecular weight is 268 g/mol. The first-order chi connectivity index (χ1) is 7.29. The van der Waals surface area contributed by atoms with Crippen LogP contribution >= 0.6 is 11.6 Å². The van der Waals surface area contributed by atoms with Crippen molar-refractivity contribution in [2.75, 3.05) is 19.0 Å². The Balaban J connectivity index is 2.74. The maximum atomic E-state index is 12.2. The van der Waals surface area contributed by atoms with Crippen LogP contribution in [0.15, 0.2) is 0 Å². The second-order valence-corrected chi connectivity index (χ2v) is 8.53. The van der Waals surface area contributed by atoms with Gasteiger partial charge in [0.1, 0.15) is 0 Å². The SMILES string of the molecule is CC(C)(C)S(=O)(=O)N1CCCC(CCCl)C1. The van der Waals surface area contributed by atoms with Gasteiger partial charge in [-0.05, 0) is 46.0 Å². The van der Waals surface area contributed by atoms with Crippen LogP contribution in [-0.2, 0) is 10.0 Å². The van der Waals surface area contributed by atoms with E-state index in [1.807, 2.05) is 0 Å². The molecule has 16 heavy (non-hydrogen) atoms. The highest BCUT2D eigenvalue weighted by atomic mass is 35.5. The lowest BCUT2D eigenvalue weighted by molar-refractivity contribution is 0.257. The van der Waals surface area contributed by atoms with Gasteiger partial charge in [-0.2, -0.15) is 0 Å². The van der Waals surface area contributed by atoms with E-state index in [4.69, 9.17) is 11.6 Å². The number of rotatable bonds is 3. The molecule has 0 aromatic heterocycles. The van der Waals surface area contributed by atoms with Crippen molar-refractivity contribution in [2.45, 2.75) is 44.8 Å². The van der Waals surface area contributed by atoms with Crippen LogP contribution in [0.25, 0.3) is 0 Å². The zero-order valence-electron chi connectivity index (χ0n) is 10.4. The van der Waals surface area contributed by atoms with Crippen molar-refractivity contribution >= 4 is 21.6 Å². The number of alkyl halides is 1. The van der Waals surface area contributed by atoms with E-state index in [0.717, 1.165) is 19.3 Å². The molecule has 1 saturated heterocycles. The molecule has 3 nitrogen and oxygen atoms in total. The second kappa shape index (κ2) is 5.23. The number of hydrogen-bond acceptors (Lipinski definition) is 2. The topological polar surface area (TPSA) is 37.4 Å². The molecule has 0 aromatic rings. The summed E-state index contributed by atoms with van der Waals surface area (Å²) in [4.78, 5) is 0. The molecule has 1 fully saturated rings. The number of nitrogens with zero attached hydrogens (tertiary/aromatic N) is 1. The summed E-state index contributed by atoms with van der Waals surface area (Å²) in [5.74, 6) is 1.05. The molecule has 0 aromatic carbocycles. The van der Waals surface area contributed by atoms with Crippen molar-refractivity contribution in [1.82, 2.24) is 4.31 Å². The Morgan fingerprint density at radius 1 is 1.38 bits per heavy atom. The molecule has 1 heterocycles. The van der Waals surface area contributed by atoms with E-state index in [1.54, 1.807) is 25.1 Å². The van der Waals surface area contributed by atoms with E-state index < -0.39 is 14.8 Å². The van der Waals surface area contributed by atoms with Gasteiger partial charge >= 0.3 is 0 Å². The van der Waals surface area contributed by atoms with E-state index in [9.17, 15) is 8.42 Å². The normalized spacial score (nSPS) is 24.6. The van der Waals surface area contributed by atoms with Crippen molar-refractivity contribution in [3.05, 3.63) is 0 Å². The van der Waals surface area contributed by atoms with E-state index in [-0.39, 0.29) is 0 Å². The molecule has 1 rings (SSSR count). The van der Waals surface area contributed by atoms with Crippen molar-refractivity contribution in [3.8, 4) is 0 Å². The Labute approximate surface area is 104 Å². The number of halogens is 1. The van der Waals surface area contributed by atoms with Crippen LogP contribution in [0.3, 0.4) is 0 Å². The van der Waals surface area contributed by atoms with Crippen LogP contribution in [0.5, 0.6) is 0 Å². The molecule has 0 spiro atoms. The monoisotopic (exact) mass is 267 g/mol. The van der Waals surface area contributed by atoms with Crippen LogP contribution in [0.1, 0.15) is 40.0 Å². The van der Waals surface area contributed by atoms with Crippen molar-refractivity contribution in [3.63, 3.8) is 0 Å². The molecule has 5 heteroatoms. The lowest BCUT2D eigenvalue weighted by Crippen LogP contribution is -2.47. The molecule has 1 aliphatic rings. The highest BCUT2D eigenvalue weighted by Gasteiger charge is 2.37.